The number of nitrogens with two attached hydrogens (primary N) is 1. The third kappa shape index (κ3) is 4.31. The van der Waals surface area contributed by atoms with Crippen LogP contribution in [-0.4, -0.2) is 28.9 Å². The molecule has 1 aromatic rings. The van der Waals surface area contributed by atoms with Gasteiger partial charge in [0.2, 0.25) is 5.91 Å². The fraction of sp³-hybridized carbons (Fsp3) is 0.467. The topological polar surface area (TPSA) is 46.3 Å². The third-order valence-corrected chi connectivity index (χ3v) is 3.81. The first kappa shape index (κ1) is 15.6. The zero-order valence-corrected chi connectivity index (χ0v) is 12.6. The van der Waals surface area contributed by atoms with E-state index in [-0.39, 0.29) is 16.9 Å². The van der Waals surface area contributed by atoms with Crippen LogP contribution in [0.3, 0.4) is 0 Å². The van der Waals surface area contributed by atoms with Crippen molar-refractivity contribution in [2.24, 2.45) is 11.7 Å². The highest BCUT2D eigenvalue weighted by atomic mass is 32.1. The van der Waals surface area contributed by atoms with Gasteiger partial charge in [-0.2, -0.15) is 0 Å². The second kappa shape index (κ2) is 7.24. The van der Waals surface area contributed by atoms with Crippen molar-refractivity contribution in [2.45, 2.75) is 32.7 Å². The molecule has 19 heavy (non-hydrogen) atoms. The first-order valence-electron chi connectivity index (χ1n) is 6.57. The minimum atomic E-state index is -0.420. The molecule has 0 aliphatic heterocycles. The van der Waals surface area contributed by atoms with Crippen molar-refractivity contribution in [3.8, 4) is 0 Å². The van der Waals surface area contributed by atoms with Gasteiger partial charge in [-0.15, -0.1) is 0 Å². The molecule has 4 heteroatoms. The average Bonchev–Trinajstić information content (AvgIpc) is 2.43. The summed E-state index contributed by atoms with van der Waals surface area (Å²) >= 11 is 5.06. The predicted molar refractivity (Wildman–Crippen MR) is 82.9 cm³/mol. The van der Waals surface area contributed by atoms with E-state index in [0.29, 0.717) is 6.42 Å². The van der Waals surface area contributed by atoms with Crippen LogP contribution in [0, 0.1) is 5.92 Å². The Morgan fingerprint density at radius 2 is 1.95 bits per heavy atom. The number of hydrogen-bond acceptors (Lipinski definition) is 2. The van der Waals surface area contributed by atoms with E-state index in [1.54, 1.807) is 4.90 Å². The Hall–Kier alpha value is -1.42. The first-order valence-corrected chi connectivity index (χ1v) is 6.98. The van der Waals surface area contributed by atoms with Gasteiger partial charge in [-0.05, 0) is 25.3 Å². The van der Waals surface area contributed by atoms with Crippen LogP contribution in [0.25, 0.3) is 0 Å². The molecule has 1 amide bonds. The maximum atomic E-state index is 12.4. The molecule has 0 heterocycles. The molecule has 1 rings (SSSR count). The molecule has 0 saturated heterocycles. The maximum Gasteiger partial charge on any atom is 0.232 e. The van der Waals surface area contributed by atoms with Crippen molar-refractivity contribution in [2.75, 3.05) is 7.05 Å². The van der Waals surface area contributed by atoms with Crippen molar-refractivity contribution in [1.82, 2.24) is 4.90 Å². The molecular formula is C15H22N2OS. The molecule has 0 aliphatic carbocycles. The highest BCUT2D eigenvalue weighted by molar-refractivity contribution is 7.80. The lowest BCUT2D eigenvalue weighted by Crippen LogP contribution is -2.43. The van der Waals surface area contributed by atoms with Gasteiger partial charge in [0, 0.05) is 13.1 Å². The Morgan fingerprint density at radius 3 is 2.42 bits per heavy atom. The Bertz CT molecular complexity index is 433. The number of carbonyl (C=O) groups excluding carboxylic acids is 1. The van der Waals surface area contributed by atoms with Gasteiger partial charge in [0.15, 0.2) is 0 Å². The van der Waals surface area contributed by atoms with Gasteiger partial charge < -0.3 is 10.6 Å². The molecule has 104 valence electrons. The monoisotopic (exact) mass is 278 g/mol. The molecule has 3 nitrogen and oxygen atoms in total. The summed E-state index contributed by atoms with van der Waals surface area (Å²) in [5.41, 5.74) is 6.82. The zero-order chi connectivity index (χ0) is 14.4. The fourth-order valence-electron chi connectivity index (χ4n) is 1.90. The van der Waals surface area contributed by atoms with Crippen molar-refractivity contribution in [1.29, 1.82) is 0 Å². The van der Waals surface area contributed by atoms with E-state index >= 15 is 0 Å². The Balaban J connectivity index is 2.84. The maximum absolute atomic E-state index is 12.4. The summed E-state index contributed by atoms with van der Waals surface area (Å²) in [5.74, 6) is -0.415. The minimum absolute atomic E-state index is 0.00528. The lowest BCUT2D eigenvalue weighted by molar-refractivity contribution is -0.133. The van der Waals surface area contributed by atoms with Gasteiger partial charge in [0.25, 0.3) is 0 Å². The predicted octanol–water partition coefficient (Wildman–Crippen LogP) is 2.39. The standard InChI is InChI=1S/C15H22N2OS/c1-4-11(2)17(3)15(18)13(14(16)19)10-12-8-6-5-7-9-12/h5-9,11,13H,4,10H2,1-3H3,(H2,16,19). The van der Waals surface area contributed by atoms with Crippen molar-refractivity contribution >= 4 is 23.1 Å². The summed E-state index contributed by atoms with van der Waals surface area (Å²) in [4.78, 5) is 14.5. The lowest BCUT2D eigenvalue weighted by Gasteiger charge is -2.28. The summed E-state index contributed by atoms with van der Waals surface area (Å²) in [7, 11) is 1.81. The van der Waals surface area contributed by atoms with Crippen LogP contribution in [0.5, 0.6) is 0 Å². The molecule has 0 fully saturated rings. The smallest absolute Gasteiger partial charge is 0.232 e. The summed E-state index contributed by atoms with van der Waals surface area (Å²) in [6.45, 7) is 4.08. The van der Waals surface area contributed by atoms with Gasteiger partial charge in [-0.3, -0.25) is 4.79 Å². The molecule has 0 bridgehead atoms. The molecule has 0 saturated carbocycles. The number of benzene rings is 1. The fourth-order valence-corrected chi connectivity index (χ4v) is 2.08. The van der Waals surface area contributed by atoms with Gasteiger partial charge in [0.1, 0.15) is 0 Å². The van der Waals surface area contributed by atoms with E-state index in [0.717, 1.165) is 12.0 Å². The lowest BCUT2D eigenvalue weighted by atomic mass is 9.97. The van der Waals surface area contributed by atoms with Crippen molar-refractivity contribution in [3.05, 3.63) is 35.9 Å². The first-order chi connectivity index (χ1) is 8.97. The summed E-state index contributed by atoms with van der Waals surface area (Å²) in [6.07, 6.45) is 1.48. The summed E-state index contributed by atoms with van der Waals surface area (Å²) in [5, 5.41) is 0. The van der Waals surface area contributed by atoms with Crippen LogP contribution in [0.1, 0.15) is 25.8 Å². The van der Waals surface area contributed by atoms with Crippen molar-refractivity contribution in [3.63, 3.8) is 0 Å². The minimum Gasteiger partial charge on any atom is -0.393 e. The van der Waals surface area contributed by atoms with Gasteiger partial charge in [-0.25, -0.2) is 0 Å². The zero-order valence-electron chi connectivity index (χ0n) is 11.8. The second-order valence-corrected chi connectivity index (χ2v) is 5.32. The normalized spacial score (nSPS) is 13.6. The van der Waals surface area contributed by atoms with E-state index in [9.17, 15) is 4.79 Å². The Labute approximate surface area is 120 Å². The quantitative estimate of drug-likeness (QED) is 0.813. The van der Waals surface area contributed by atoms with E-state index in [4.69, 9.17) is 18.0 Å². The summed E-state index contributed by atoms with van der Waals surface area (Å²) < 4.78 is 0. The SMILES string of the molecule is CCC(C)N(C)C(=O)C(Cc1ccccc1)C(N)=S. The molecule has 0 radical (unpaired) electrons. The molecular weight excluding hydrogens is 256 g/mol. The van der Waals surface area contributed by atoms with E-state index in [1.807, 2.05) is 44.3 Å². The van der Waals surface area contributed by atoms with Gasteiger partial charge in [-0.1, -0.05) is 49.5 Å². The average molecular weight is 278 g/mol. The number of thiocarbonyl (C=S) groups is 1. The second-order valence-electron chi connectivity index (χ2n) is 4.85. The summed E-state index contributed by atoms with van der Waals surface area (Å²) in [6, 6.07) is 10.0. The van der Waals surface area contributed by atoms with Crippen LogP contribution in [-0.2, 0) is 11.2 Å². The Kier molecular flexibility index (Phi) is 5.96. The third-order valence-electron chi connectivity index (χ3n) is 3.52. The number of hydrogen-bond donors (Lipinski definition) is 1. The van der Waals surface area contributed by atoms with E-state index in [2.05, 4.69) is 6.92 Å². The highest BCUT2D eigenvalue weighted by Gasteiger charge is 2.26. The number of nitrogens with zero attached hydrogens (tertiary/aromatic N) is 1. The molecule has 0 spiro atoms. The van der Waals surface area contributed by atoms with Gasteiger partial charge >= 0.3 is 0 Å². The molecule has 0 aliphatic rings. The van der Waals surface area contributed by atoms with Crippen LogP contribution < -0.4 is 5.73 Å². The number of amides is 1. The van der Waals surface area contributed by atoms with Crippen molar-refractivity contribution < 1.29 is 4.79 Å². The van der Waals surface area contributed by atoms with Crippen LogP contribution in [0.4, 0.5) is 0 Å². The molecule has 2 unspecified atom stereocenters. The van der Waals surface area contributed by atoms with Crippen LogP contribution >= 0.6 is 12.2 Å². The van der Waals surface area contributed by atoms with Crippen LogP contribution in [0.2, 0.25) is 0 Å². The molecule has 2 atom stereocenters. The van der Waals surface area contributed by atoms with Gasteiger partial charge in [0.05, 0.1) is 10.9 Å². The Morgan fingerprint density at radius 1 is 1.37 bits per heavy atom. The van der Waals surface area contributed by atoms with E-state index in [1.165, 1.54) is 0 Å². The molecule has 2 N–H and O–H groups in total. The highest BCUT2D eigenvalue weighted by Crippen LogP contribution is 2.14. The van der Waals surface area contributed by atoms with Crippen LogP contribution in [0.15, 0.2) is 30.3 Å². The molecule has 1 aromatic carbocycles. The number of carbonyl (C=O) groups is 1. The van der Waals surface area contributed by atoms with E-state index < -0.39 is 5.92 Å². The molecule has 0 aromatic heterocycles. The largest absolute Gasteiger partial charge is 0.393 e. The number of rotatable bonds is 6.